The molecule has 35 heavy (non-hydrogen) atoms. The molecule has 0 aliphatic carbocycles. The second kappa shape index (κ2) is 13.7. The summed E-state index contributed by atoms with van der Waals surface area (Å²) < 4.78 is 63.3. The summed E-state index contributed by atoms with van der Waals surface area (Å²) in [7, 11) is 1.34. The first-order valence-electron chi connectivity index (χ1n) is 11.1. The van der Waals surface area contributed by atoms with E-state index in [1.165, 1.54) is 26.3 Å². The molecule has 1 aliphatic heterocycles. The molecule has 196 valence electrons. The summed E-state index contributed by atoms with van der Waals surface area (Å²) in [6.07, 6.45) is -2.99. The molecule has 2 rings (SSSR count). The monoisotopic (exact) mass is 506 g/mol. The highest BCUT2D eigenvalue weighted by Crippen LogP contribution is 2.30. The van der Waals surface area contributed by atoms with Gasteiger partial charge in [-0.25, -0.2) is 9.78 Å². The average Bonchev–Trinajstić information content (AvgIpc) is 2.87. The minimum absolute atomic E-state index is 0.0636. The molecule has 1 unspecified atom stereocenters. The molecule has 0 radical (unpaired) electrons. The van der Waals surface area contributed by atoms with Gasteiger partial charge < -0.3 is 29.0 Å². The zero-order valence-electron chi connectivity index (χ0n) is 19.5. The van der Waals surface area contributed by atoms with Crippen molar-refractivity contribution in [3.63, 3.8) is 0 Å². The Morgan fingerprint density at radius 2 is 2.06 bits per heavy atom. The number of halogens is 3. The van der Waals surface area contributed by atoms with Crippen molar-refractivity contribution < 1.29 is 51.2 Å². The Morgan fingerprint density at radius 3 is 2.74 bits per heavy atom. The number of ether oxygens (including phenoxy) is 5. The van der Waals surface area contributed by atoms with E-state index in [0.717, 1.165) is 0 Å². The van der Waals surface area contributed by atoms with Crippen LogP contribution in [0.4, 0.5) is 13.2 Å². The number of carbonyl (C=O) groups excluding carboxylic acids is 3. The number of esters is 2. The number of hydrogen-bond acceptors (Lipinski definition) is 9. The van der Waals surface area contributed by atoms with Gasteiger partial charge in [0.2, 0.25) is 6.79 Å². The first kappa shape index (κ1) is 28.1. The minimum Gasteiger partial charge on any atom is -0.493 e. The molecule has 0 bridgehead atoms. The topological polar surface area (TPSA) is 122 Å². The molecule has 2 atom stereocenters. The highest BCUT2D eigenvalue weighted by atomic mass is 19.4. The van der Waals surface area contributed by atoms with Gasteiger partial charge in [-0.3, -0.25) is 9.59 Å². The molecular weight excluding hydrogens is 477 g/mol. The standard InChI is InChI=1S/C22H29F3N2O8/c1-14(28)33-13-34-19-17(31-2)8-10-26-18(19)20(29)27-16-12-32-11-5-7-15(35-21(16)30)6-3-4-9-22(23,24)25/h8,10,15-16H,3-7,9,11-13H2,1-2H3,(H,27,29)/t15?,16-/m0/s1. The van der Waals surface area contributed by atoms with Crippen molar-refractivity contribution in [1.29, 1.82) is 0 Å². The summed E-state index contributed by atoms with van der Waals surface area (Å²) in [5.74, 6) is -2.13. The Labute approximate surface area is 200 Å². The van der Waals surface area contributed by atoms with Gasteiger partial charge in [0.1, 0.15) is 6.10 Å². The number of hydrogen-bond donors (Lipinski definition) is 1. The number of pyridine rings is 1. The van der Waals surface area contributed by atoms with Crippen molar-refractivity contribution in [3.05, 3.63) is 18.0 Å². The van der Waals surface area contributed by atoms with E-state index in [2.05, 4.69) is 10.3 Å². The minimum atomic E-state index is -4.23. The van der Waals surface area contributed by atoms with Gasteiger partial charge in [-0.05, 0) is 32.1 Å². The lowest BCUT2D eigenvalue weighted by Gasteiger charge is -2.21. The number of unbranched alkanes of at least 4 members (excludes halogenated alkanes) is 1. The average molecular weight is 506 g/mol. The van der Waals surface area contributed by atoms with Crippen molar-refractivity contribution in [2.45, 2.75) is 63.8 Å². The molecule has 1 saturated heterocycles. The molecule has 1 aliphatic rings. The Kier molecular flexibility index (Phi) is 11.0. The summed E-state index contributed by atoms with van der Waals surface area (Å²) >= 11 is 0. The molecule has 1 fully saturated rings. The number of nitrogens with one attached hydrogen (secondary N) is 1. The van der Waals surface area contributed by atoms with Crippen molar-refractivity contribution >= 4 is 17.8 Å². The third-order valence-electron chi connectivity index (χ3n) is 4.98. The van der Waals surface area contributed by atoms with E-state index in [4.69, 9.17) is 23.7 Å². The number of rotatable bonds is 10. The van der Waals surface area contributed by atoms with Crippen molar-refractivity contribution in [1.82, 2.24) is 10.3 Å². The maximum absolute atomic E-state index is 12.9. The Hall–Kier alpha value is -3.09. The van der Waals surface area contributed by atoms with Gasteiger partial charge in [0.25, 0.3) is 5.91 Å². The largest absolute Gasteiger partial charge is 0.493 e. The van der Waals surface area contributed by atoms with E-state index in [1.807, 2.05) is 0 Å². The number of methoxy groups -OCH3 is 1. The Bertz CT molecular complexity index is 866. The van der Waals surface area contributed by atoms with Gasteiger partial charge in [-0.1, -0.05) is 0 Å². The normalized spacial score (nSPS) is 18.9. The molecular formula is C22H29F3N2O8. The van der Waals surface area contributed by atoms with Crippen LogP contribution >= 0.6 is 0 Å². The zero-order valence-corrected chi connectivity index (χ0v) is 19.5. The fourth-order valence-electron chi connectivity index (χ4n) is 3.28. The molecule has 0 saturated carbocycles. The van der Waals surface area contributed by atoms with E-state index >= 15 is 0 Å². The van der Waals surface area contributed by atoms with Crippen LogP contribution in [-0.2, 0) is 23.8 Å². The van der Waals surface area contributed by atoms with Gasteiger partial charge >= 0.3 is 18.1 Å². The van der Waals surface area contributed by atoms with Gasteiger partial charge in [0.15, 0.2) is 23.2 Å². The first-order valence-corrected chi connectivity index (χ1v) is 11.1. The van der Waals surface area contributed by atoms with Gasteiger partial charge in [-0.15, -0.1) is 0 Å². The smallest absolute Gasteiger partial charge is 0.389 e. The van der Waals surface area contributed by atoms with E-state index in [1.54, 1.807) is 0 Å². The summed E-state index contributed by atoms with van der Waals surface area (Å²) in [5.41, 5.74) is -0.229. The lowest BCUT2D eigenvalue weighted by molar-refractivity contribution is -0.153. The third-order valence-corrected chi connectivity index (χ3v) is 4.98. The number of aromatic nitrogens is 1. The lowest BCUT2D eigenvalue weighted by atomic mass is 10.1. The number of cyclic esters (lactones) is 1. The molecule has 1 aromatic rings. The van der Waals surface area contributed by atoms with Crippen LogP contribution in [0.2, 0.25) is 0 Å². The highest BCUT2D eigenvalue weighted by molar-refractivity contribution is 5.98. The maximum Gasteiger partial charge on any atom is 0.389 e. The zero-order chi connectivity index (χ0) is 25.8. The Morgan fingerprint density at radius 1 is 1.29 bits per heavy atom. The van der Waals surface area contributed by atoms with Crippen LogP contribution in [-0.4, -0.2) is 68.3 Å². The molecule has 1 aromatic heterocycles. The van der Waals surface area contributed by atoms with E-state index in [-0.39, 0.29) is 49.7 Å². The van der Waals surface area contributed by atoms with Crippen LogP contribution in [0.5, 0.6) is 11.5 Å². The molecule has 13 heteroatoms. The van der Waals surface area contributed by atoms with Gasteiger partial charge in [-0.2, -0.15) is 13.2 Å². The van der Waals surface area contributed by atoms with E-state index in [9.17, 15) is 27.6 Å². The van der Waals surface area contributed by atoms with Crippen molar-refractivity contribution in [2.75, 3.05) is 27.1 Å². The van der Waals surface area contributed by atoms with Crippen molar-refractivity contribution in [3.8, 4) is 11.5 Å². The third kappa shape index (κ3) is 9.97. The Balaban J connectivity index is 2.05. The summed E-state index contributed by atoms with van der Waals surface area (Å²) in [4.78, 5) is 40.6. The molecule has 1 N–H and O–H groups in total. The summed E-state index contributed by atoms with van der Waals surface area (Å²) in [6, 6.07) is 0.244. The quantitative estimate of drug-likeness (QED) is 0.290. The van der Waals surface area contributed by atoms with Crippen LogP contribution in [0.3, 0.4) is 0 Å². The molecule has 0 spiro atoms. The number of alkyl halides is 3. The molecule has 10 nitrogen and oxygen atoms in total. The highest BCUT2D eigenvalue weighted by Gasteiger charge is 2.30. The van der Waals surface area contributed by atoms with Crippen LogP contribution < -0.4 is 14.8 Å². The summed E-state index contributed by atoms with van der Waals surface area (Å²) in [6.45, 7) is 0.807. The number of nitrogens with zero attached hydrogens (tertiary/aromatic N) is 1. The second-order valence-electron chi connectivity index (χ2n) is 7.75. The SMILES string of the molecule is COc1ccnc(C(=O)N[C@H]2COCCCC(CCCCC(F)(F)F)OC2=O)c1OCOC(C)=O. The van der Waals surface area contributed by atoms with Crippen LogP contribution in [0, 0.1) is 0 Å². The summed E-state index contributed by atoms with van der Waals surface area (Å²) in [5, 5.41) is 2.49. The fourth-order valence-corrected chi connectivity index (χ4v) is 3.28. The predicted molar refractivity (Wildman–Crippen MR) is 114 cm³/mol. The van der Waals surface area contributed by atoms with E-state index in [0.29, 0.717) is 12.8 Å². The molecule has 1 amide bonds. The lowest BCUT2D eigenvalue weighted by Crippen LogP contribution is -2.46. The molecule has 2 heterocycles. The van der Waals surface area contributed by atoms with Crippen LogP contribution in [0.25, 0.3) is 0 Å². The van der Waals surface area contributed by atoms with Gasteiger partial charge in [0, 0.05) is 32.2 Å². The van der Waals surface area contributed by atoms with Crippen molar-refractivity contribution in [2.24, 2.45) is 0 Å². The molecule has 0 aromatic carbocycles. The predicted octanol–water partition coefficient (Wildman–Crippen LogP) is 2.93. The second-order valence-corrected chi connectivity index (χ2v) is 7.75. The first-order chi connectivity index (χ1) is 16.6. The number of carbonyl (C=O) groups is 3. The van der Waals surface area contributed by atoms with Crippen LogP contribution in [0.1, 0.15) is 55.9 Å². The van der Waals surface area contributed by atoms with E-state index < -0.39 is 49.4 Å². The maximum atomic E-state index is 12.9. The number of amides is 1. The van der Waals surface area contributed by atoms with Gasteiger partial charge in [0.05, 0.1) is 13.7 Å². The fraction of sp³-hybridized carbons (Fsp3) is 0.636. The van der Waals surface area contributed by atoms with Crippen LogP contribution in [0.15, 0.2) is 12.3 Å².